The first-order valence-corrected chi connectivity index (χ1v) is 6.93. The summed E-state index contributed by atoms with van der Waals surface area (Å²) in [6, 6.07) is 0. The lowest BCUT2D eigenvalue weighted by atomic mass is 10.1. The third kappa shape index (κ3) is 2.95. The average Bonchev–Trinajstić information content (AvgIpc) is 2.78. The molecule has 1 aromatic rings. The van der Waals surface area contributed by atoms with Crippen LogP contribution < -0.4 is 5.32 Å². The summed E-state index contributed by atoms with van der Waals surface area (Å²) in [6.07, 6.45) is 3.64. The Kier molecular flexibility index (Phi) is 4.34. The van der Waals surface area contributed by atoms with Gasteiger partial charge in [0, 0.05) is 19.0 Å². The topological polar surface area (TPSA) is 29.9 Å². The maximum absolute atomic E-state index is 6.24. The summed E-state index contributed by atoms with van der Waals surface area (Å²) >= 11 is 12.4. The van der Waals surface area contributed by atoms with Crippen molar-refractivity contribution >= 4 is 23.2 Å². The van der Waals surface area contributed by atoms with Crippen LogP contribution in [0.1, 0.15) is 30.7 Å². The summed E-state index contributed by atoms with van der Waals surface area (Å²) in [4.78, 5) is 0. The number of hydrogen-bond acceptors (Lipinski definition) is 2. The lowest BCUT2D eigenvalue weighted by Crippen LogP contribution is -2.26. The number of aryl methyl sites for hydroxylation is 2. The molecule has 0 bridgehead atoms. The van der Waals surface area contributed by atoms with Crippen molar-refractivity contribution in [3.05, 3.63) is 16.4 Å². The minimum Gasteiger partial charge on any atom is -0.311 e. The van der Waals surface area contributed by atoms with Gasteiger partial charge >= 0.3 is 0 Å². The summed E-state index contributed by atoms with van der Waals surface area (Å²) in [6.45, 7) is 3.66. The standard InChI is InChI=1S/C12H19Cl2N3/c1-8-12(14)11(17(2)16-8)7-15-6-9-4-3-5-10(9)13/h9-10,15H,3-7H2,1-2H3. The van der Waals surface area contributed by atoms with Gasteiger partial charge in [-0.3, -0.25) is 4.68 Å². The number of nitrogens with one attached hydrogen (secondary N) is 1. The first kappa shape index (κ1) is 13.2. The third-order valence-corrected chi connectivity index (χ3v) is 4.59. The Morgan fingerprint density at radius 2 is 2.24 bits per heavy atom. The van der Waals surface area contributed by atoms with Gasteiger partial charge in [-0.15, -0.1) is 11.6 Å². The minimum absolute atomic E-state index is 0.339. The van der Waals surface area contributed by atoms with Crippen LogP contribution in [0.15, 0.2) is 0 Å². The fraction of sp³-hybridized carbons (Fsp3) is 0.750. The molecule has 3 nitrogen and oxygen atoms in total. The average molecular weight is 276 g/mol. The first-order chi connectivity index (χ1) is 8.09. The van der Waals surface area contributed by atoms with Gasteiger partial charge in [0.25, 0.3) is 0 Å². The smallest absolute Gasteiger partial charge is 0.0860 e. The molecular formula is C12H19Cl2N3. The lowest BCUT2D eigenvalue weighted by molar-refractivity contribution is 0.486. The Balaban J connectivity index is 1.85. The maximum atomic E-state index is 6.24. The molecule has 1 aliphatic rings. The molecule has 1 fully saturated rings. The van der Waals surface area contributed by atoms with Crippen LogP contribution in [0.4, 0.5) is 0 Å². The van der Waals surface area contributed by atoms with Crippen LogP contribution in [0, 0.1) is 12.8 Å². The summed E-state index contributed by atoms with van der Waals surface area (Å²) in [5, 5.41) is 8.85. The zero-order chi connectivity index (χ0) is 12.4. The molecule has 2 atom stereocenters. The summed E-state index contributed by atoms with van der Waals surface area (Å²) in [7, 11) is 1.93. The quantitative estimate of drug-likeness (QED) is 0.857. The Bertz CT molecular complexity index is 389. The number of rotatable bonds is 4. The second-order valence-electron chi connectivity index (χ2n) is 4.81. The molecule has 0 saturated heterocycles. The molecule has 2 rings (SSSR count). The maximum Gasteiger partial charge on any atom is 0.0860 e. The molecule has 1 N–H and O–H groups in total. The normalized spacial score (nSPS) is 24.5. The molecule has 0 spiro atoms. The van der Waals surface area contributed by atoms with Crippen molar-refractivity contribution in [1.82, 2.24) is 15.1 Å². The van der Waals surface area contributed by atoms with Crippen LogP contribution >= 0.6 is 23.2 Å². The highest BCUT2D eigenvalue weighted by molar-refractivity contribution is 6.31. The van der Waals surface area contributed by atoms with E-state index in [1.165, 1.54) is 12.8 Å². The second-order valence-corrected chi connectivity index (χ2v) is 5.75. The largest absolute Gasteiger partial charge is 0.311 e. The number of nitrogens with zero attached hydrogens (tertiary/aromatic N) is 2. The van der Waals surface area contributed by atoms with E-state index in [1.807, 2.05) is 18.7 Å². The van der Waals surface area contributed by atoms with Gasteiger partial charge in [0.05, 0.1) is 16.4 Å². The van der Waals surface area contributed by atoms with Crippen molar-refractivity contribution in [2.75, 3.05) is 6.54 Å². The molecule has 96 valence electrons. The fourth-order valence-corrected chi connectivity index (χ4v) is 3.07. The van der Waals surface area contributed by atoms with Crippen LogP contribution in [-0.4, -0.2) is 21.7 Å². The monoisotopic (exact) mass is 275 g/mol. The number of halogens is 2. The van der Waals surface area contributed by atoms with E-state index < -0.39 is 0 Å². The Morgan fingerprint density at radius 3 is 2.76 bits per heavy atom. The highest BCUT2D eigenvalue weighted by atomic mass is 35.5. The summed E-state index contributed by atoms with van der Waals surface area (Å²) < 4.78 is 1.84. The van der Waals surface area contributed by atoms with Gasteiger partial charge in [-0.1, -0.05) is 18.0 Å². The minimum atomic E-state index is 0.339. The molecule has 0 aliphatic heterocycles. The van der Waals surface area contributed by atoms with Crippen molar-refractivity contribution < 1.29 is 0 Å². The fourth-order valence-electron chi connectivity index (χ4n) is 2.47. The zero-order valence-corrected chi connectivity index (χ0v) is 11.9. The van der Waals surface area contributed by atoms with Gasteiger partial charge in [-0.2, -0.15) is 5.10 Å². The zero-order valence-electron chi connectivity index (χ0n) is 10.3. The molecule has 17 heavy (non-hydrogen) atoms. The van der Waals surface area contributed by atoms with Crippen LogP contribution in [0.25, 0.3) is 0 Å². The van der Waals surface area contributed by atoms with Crippen LogP contribution in [0.5, 0.6) is 0 Å². The van der Waals surface area contributed by atoms with Crippen molar-refractivity contribution in [3.63, 3.8) is 0 Å². The molecule has 1 saturated carbocycles. The number of hydrogen-bond donors (Lipinski definition) is 1. The van der Waals surface area contributed by atoms with Crippen molar-refractivity contribution in [2.24, 2.45) is 13.0 Å². The molecule has 2 unspecified atom stereocenters. The summed E-state index contributed by atoms with van der Waals surface area (Å²) in [5.41, 5.74) is 1.94. The van der Waals surface area contributed by atoms with E-state index in [0.29, 0.717) is 11.3 Å². The number of alkyl halides is 1. The Labute approximate surface area is 112 Å². The van der Waals surface area contributed by atoms with Gasteiger partial charge in [0.15, 0.2) is 0 Å². The third-order valence-electron chi connectivity index (χ3n) is 3.53. The van der Waals surface area contributed by atoms with Gasteiger partial charge in [0.1, 0.15) is 0 Å². The number of aromatic nitrogens is 2. The van der Waals surface area contributed by atoms with Gasteiger partial charge in [-0.05, 0) is 32.2 Å². The first-order valence-electron chi connectivity index (χ1n) is 6.12. The van der Waals surface area contributed by atoms with E-state index in [4.69, 9.17) is 23.2 Å². The predicted molar refractivity (Wildman–Crippen MR) is 71.6 cm³/mol. The molecule has 0 aromatic carbocycles. The van der Waals surface area contributed by atoms with Gasteiger partial charge in [0.2, 0.25) is 0 Å². The summed E-state index contributed by atoms with van der Waals surface area (Å²) in [5.74, 6) is 0.602. The molecular weight excluding hydrogens is 257 g/mol. The highest BCUT2D eigenvalue weighted by Crippen LogP contribution is 2.29. The molecule has 0 radical (unpaired) electrons. The second kappa shape index (κ2) is 5.59. The highest BCUT2D eigenvalue weighted by Gasteiger charge is 2.24. The van der Waals surface area contributed by atoms with Crippen LogP contribution in [-0.2, 0) is 13.6 Å². The van der Waals surface area contributed by atoms with E-state index in [9.17, 15) is 0 Å². The Hall–Kier alpha value is -0.250. The van der Waals surface area contributed by atoms with E-state index in [1.54, 1.807) is 0 Å². The predicted octanol–water partition coefficient (Wildman–Crippen LogP) is 2.88. The van der Waals surface area contributed by atoms with Crippen molar-refractivity contribution in [1.29, 1.82) is 0 Å². The molecule has 1 aliphatic carbocycles. The van der Waals surface area contributed by atoms with Crippen LogP contribution in [0.3, 0.4) is 0 Å². The van der Waals surface area contributed by atoms with Crippen molar-refractivity contribution in [2.45, 2.75) is 38.1 Å². The van der Waals surface area contributed by atoms with E-state index >= 15 is 0 Å². The van der Waals surface area contributed by atoms with E-state index in [2.05, 4.69) is 10.4 Å². The van der Waals surface area contributed by atoms with E-state index in [-0.39, 0.29) is 0 Å². The van der Waals surface area contributed by atoms with E-state index in [0.717, 1.165) is 35.9 Å². The molecule has 0 amide bonds. The SMILES string of the molecule is Cc1nn(C)c(CNCC2CCCC2Cl)c1Cl. The molecule has 5 heteroatoms. The van der Waals surface area contributed by atoms with Gasteiger partial charge in [-0.25, -0.2) is 0 Å². The molecule has 1 heterocycles. The van der Waals surface area contributed by atoms with Crippen LogP contribution in [0.2, 0.25) is 5.02 Å². The Morgan fingerprint density at radius 1 is 1.47 bits per heavy atom. The molecule has 1 aromatic heterocycles. The van der Waals surface area contributed by atoms with Crippen molar-refractivity contribution in [3.8, 4) is 0 Å². The van der Waals surface area contributed by atoms with Gasteiger partial charge < -0.3 is 5.32 Å². The lowest BCUT2D eigenvalue weighted by Gasteiger charge is -2.14.